The van der Waals surface area contributed by atoms with E-state index in [1.165, 1.54) is 6.07 Å². The van der Waals surface area contributed by atoms with Gasteiger partial charge in [0.05, 0.1) is 12.2 Å². The Bertz CT molecular complexity index is 390. The summed E-state index contributed by atoms with van der Waals surface area (Å²) < 4.78 is 43.0. The first-order chi connectivity index (χ1) is 8.32. The van der Waals surface area contributed by atoms with Crippen molar-refractivity contribution < 1.29 is 17.9 Å². The number of anilines is 1. The Morgan fingerprint density at radius 3 is 2.50 bits per heavy atom. The zero-order chi connectivity index (χ0) is 13.8. The van der Waals surface area contributed by atoms with E-state index in [0.29, 0.717) is 12.5 Å². The Balaban J connectivity index is 2.75. The summed E-state index contributed by atoms with van der Waals surface area (Å²) >= 11 is 0. The molecule has 5 heteroatoms. The van der Waals surface area contributed by atoms with Gasteiger partial charge in [0, 0.05) is 11.8 Å². The molecule has 0 fully saturated rings. The van der Waals surface area contributed by atoms with Crippen LogP contribution in [0.5, 0.6) is 5.75 Å². The van der Waals surface area contributed by atoms with Gasteiger partial charge in [0.15, 0.2) is 0 Å². The van der Waals surface area contributed by atoms with E-state index < -0.39 is 11.7 Å². The van der Waals surface area contributed by atoms with Crippen molar-refractivity contribution in [3.63, 3.8) is 0 Å². The number of alkyl halides is 3. The third-order valence-corrected chi connectivity index (χ3v) is 2.57. The van der Waals surface area contributed by atoms with Gasteiger partial charge < -0.3 is 10.5 Å². The smallest absolute Gasteiger partial charge is 0.416 e. The van der Waals surface area contributed by atoms with Gasteiger partial charge in [0.25, 0.3) is 0 Å². The molecule has 0 spiro atoms. The van der Waals surface area contributed by atoms with Gasteiger partial charge in [-0.1, -0.05) is 20.3 Å². The van der Waals surface area contributed by atoms with Crippen molar-refractivity contribution in [2.24, 2.45) is 5.92 Å². The number of benzene rings is 1. The van der Waals surface area contributed by atoms with E-state index in [0.717, 1.165) is 25.0 Å². The van der Waals surface area contributed by atoms with Gasteiger partial charge in [-0.05, 0) is 24.5 Å². The molecule has 0 aliphatic rings. The Morgan fingerprint density at radius 2 is 1.94 bits per heavy atom. The minimum Gasteiger partial charge on any atom is -0.493 e. The third kappa shape index (κ3) is 4.47. The summed E-state index contributed by atoms with van der Waals surface area (Å²) in [5.74, 6) is 0.482. The van der Waals surface area contributed by atoms with Crippen LogP contribution >= 0.6 is 0 Å². The van der Waals surface area contributed by atoms with E-state index >= 15 is 0 Å². The van der Waals surface area contributed by atoms with Crippen molar-refractivity contribution in [1.29, 1.82) is 0 Å². The Hall–Kier alpha value is -1.39. The molecular weight excluding hydrogens is 243 g/mol. The van der Waals surface area contributed by atoms with E-state index in [1.54, 1.807) is 0 Å². The third-order valence-electron chi connectivity index (χ3n) is 2.57. The van der Waals surface area contributed by atoms with Crippen LogP contribution in [0.2, 0.25) is 0 Å². The molecule has 18 heavy (non-hydrogen) atoms. The molecule has 2 N–H and O–H groups in total. The van der Waals surface area contributed by atoms with Crippen molar-refractivity contribution >= 4 is 5.69 Å². The fourth-order valence-electron chi connectivity index (χ4n) is 1.68. The standard InChI is InChI=1S/C13H18F3NO/c1-3-4-9(2)8-18-12-6-10(13(14,15)16)5-11(17)7-12/h5-7,9H,3-4,8,17H2,1-2H3. The molecule has 0 saturated carbocycles. The van der Waals surface area contributed by atoms with E-state index in [-0.39, 0.29) is 11.4 Å². The molecule has 1 atom stereocenters. The van der Waals surface area contributed by atoms with Gasteiger partial charge in [-0.25, -0.2) is 0 Å². The van der Waals surface area contributed by atoms with E-state index in [1.807, 2.05) is 6.92 Å². The van der Waals surface area contributed by atoms with Crippen molar-refractivity contribution in [3.8, 4) is 5.75 Å². The van der Waals surface area contributed by atoms with E-state index in [9.17, 15) is 13.2 Å². The zero-order valence-corrected chi connectivity index (χ0v) is 10.6. The highest BCUT2D eigenvalue weighted by molar-refractivity contribution is 5.48. The molecule has 0 aromatic heterocycles. The number of halogens is 3. The van der Waals surface area contributed by atoms with Crippen LogP contribution in [-0.2, 0) is 6.18 Å². The predicted octanol–water partition coefficient (Wildman–Crippen LogP) is 4.10. The summed E-state index contributed by atoms with van der Waals surface area (Å²) in [6.45, 7) is 4.45. The highest BCUT2D eigenvalue weighted by atomic mass is 19.4. The Morgan fingerprint density at radius 1 is 1.28 bits per heavy atom. The molecule has 1 aromatic carbocycles. The number of nitrogens with two attached hydrogens (primary N) is 1. The SMILES string of the molecule is CCCC(C)COc1cc(N)cc(C(F)(F)F)c1. The number of rotatable bonds is 5. The van der Waals surface area contributed by atoms with E-state index in [2.05, 4.69) is 6.92 Å². The number of hydrogen-bond donors (Lipinski definition) is 1. The van der Waals surface area contributed by atoms with Crippen LogP contribution in [0.4, 0.5) is 18.9 Å². The molecule has 102 valence electrons. The van der Waals surface area contributed by atoms with Gasteiger partial charge in [0.1, 0.15) is 5.75 Å². The minimum atomic E-state index is -4.40. The average molecular weight is 261 g/mol. The van der Waals surface area contributed by atoms with E-state index in [4.69, 9.17) is 10.5 Å². The van der Waals surface area contributed by atoms with Crippen molar-refractivity contribution in [2.45, 2.75) is 32.9 Å². The fraction of sp³-hybridized carbons (Fsp3) is 0.538. The van der Waals surface area contributed by atoms with Crippen LogP contribution in [0.15, 0.2) is 18.2 Å². The highest BCUT2D eigenvalue weighted by Gasteiger charge is 2.31. The average Bonchev–Trinajstić information content (AvgIpc) is 2.25. The van der Waals surface area contributed by atoms with Crippen LogP contribution in [0.1, 0.15) is 32.3 Å². The van der Waals surface area contributed by atoms with Gasteiger partial charge in [-0.3, -0.25) is 0 Å². The summed E-state index contributed by atoms with van der Waals surface area (Å²) in [7, 11) is 0. The topological polar surface area (TPSA) is 35.2 Å². The summed E-state index contributed by atoms with van der Waals surface area (Å²) in [6, 6.07) is 3.30. The normalized spacial score (nSPS) is 13.4. The minimum absolute atomic E-state index is 0.0583. The molecule has 0 amide bonds. The molecule has 2 nitrogen and oxygen atoms in total. The predicted molar refractivity (Wildman–Crippen MR) is 65.4 cm³/mol. The maximum atomic E-state index is 12.6. The lowest BCUT2D eigenvalue weighted by molar-refractivity contribution is -0.137. The first-order valence-electron chi connectivity index (χ1n) is 5.93. The molecular formula is C13H18F3NO. The summed E-state index contributed by atoms with van der Waals surface area (Å²) in [4.78, 5) is 0. The first-order valence-corrected chi connectivity index (χ1v) is 5.93. The number of nitrogen functional groups attached to an aromatic ring is 1. The van der Waals surface area contributed by atoms with Crippen LogP contribution in [0.3, 0.4) is 0 Å². The second-order valence-corrected chi connectivity index (χ2v) is 4.49. The van der Waals surface area contributed by atoms with Crippen molar-refractivity contribution in [2.75, 3.05) is 12.3 Å². The van der Waals surface area contributed by atoms with Crippen molar-refractivity contribution in [1.82, 2.24) is 0 Å². The quantitative estimate of drug-likeness (QED) is 0.810. The van der Waals surface area contributed by atoms with Crippen molar-refractivity contribution in [3.05, 3.63) is 23.8 Å². The maximum Gasteiger partial charge on any atom is 0.416 e. The molecule has 1 rings (SSSR count). The molecule has 1 unspecified atom stereocenters. The zero-order valence-electron chi connectivity index (χ0n) is 10.6. The van der Waals surface area contributed by atoms with Crippen LogP contribution in [0, 0.1) is 5.92 Å². The molecule has 0 aliphatic heterocycles. The molecule has 0 radical (unpaired) electrons. The lowest BCUT2D eigenvalue weighted by Gasteiger charge is -2.14. The largest absolute Gasteiger partial charge is 0.493 e. The molecule has 0 aliphatic carbocycles. The molecule has 0 heterocycles. The Kier molecular flexibility index (Phi) is 4.87. The summed E-state index contributed by atoms with van der Waals surface area (Å²) in [6.07, 6.45) is -2.40. The monoisotopic (exact) mass is 261 g/mol. The van der Waals surface area contributed by atoms with Gasteiger partial charge in [0.2, 0.25) is 0 Å². The number of ether oxygens (including phenoxy) is 1. The maximum absolute atomic E-state index is 12.6. The fourth-order valence-corrected chi connectivity index (χ4v) is 1.68. The van der Waals surface area contributed by atoms with Gasteiger partial charge in [-0.2, -0.15) is 13.2 Å². The molecule has 1 aromatic rings. The first kappa shape index (κ1) is 14.7. The summed E-state index contributed by atoms with van der Waals surface area (Å²) in [5.41, 5.74) is 4.72. The van der Waals surface area contributed by atoms with Gasteiger partial charge >= 0.3 is 6.18 Å². The molecule has 0 bridgehead atoms. The molecule has 0 saturated heterocycles. The van der Waals surface area contributed by atoms with Crippen LogP contribution in [0.25, 0.3) is 0 Å². The Labute approximate surface area is 105 Å². The second-order valence-electron chi connectivity index (χ2n) is 4.49. The highest BCUT2D eigenvalue weighted by Crippen LogP contribution is 2.33. The lowest BCUT2D eigenvalue weighted by atomic mass is 10.1. The number of hydrogen-bond acceptors (Lipinski definition) is 2. The van der Waals surface area contributed by atoms with Crippen LogP contribution in [-0.4, -0.2) is 6.61 Å². The second kappa shape index (κ2) is 5.98. The lowest BCUT2D eigenvalue weighted by Crippen LogP contribution is -2.10. The van der Waals surface area contributed by atoms with Gasteiger partial charge in [-0.15, -0.1) is 0 Å². The van der Waals surface area contributed by atoms with Crippen LogP contribution < -0.4 is 10.5 Å². The summed E-state index contributed by atoms with van der Waals surface area (Å²) in [5, 5.41) is 0.